The first-order valence-electron chi connectivity index (χ1n) is 7.09. The van der Waals surface area contributed by atoms with Crippen molar-refractivity contribution in [3.63, 3.8) is 0 Å². The van der Waals surface area contributed by atoms with Gasteiger partial charge < -0.3 is 13.5 Å². The summed E-state index contributed by atoms with van der Waals surface area (Å²) in [5.41, 5.74) is 1.75. The fourth-order valence-electron chi connectivity index (χ4n) is 2.14. The Kier molecular flexibility index (Phi) is 3.83. The van der Waals surface area contributed by atoms with Crippen LogP contribution in [-0.4, -0.2) is 29.9 Å². The molecule has 0 saturated carbocycles. The molecule has 0 atom stereocenters. The molecule has 4 heterocycles. The van der Waals surface area contributed by atoms with Crippen LogP contribution >= 0.6 is 11.8 Å². The summed E-state index contributed by atoms with van der Waals surface area (Å²) in [5, 5.41) is 13.1. The van der Waals surface area contributed by atoms with Gasteiger partial charge in [0.15, 0.2) is 11.0 Å². The number of thioether (sulfide) groups is 1. The van der Waals surface area contributed by atoms with Crippen LogP contribution in [0.4, 0.5) is 0 Å². The van der Waals surface area contributed by atoms with Gasteiger partial charge in [-0.05, 0) is 18.2 Å². The van der Waals surface area contributed by atoms with E-state index in [-0.39, 0.29) is 0 Å². The van der Waals surface area contributed by atoms with Gasteiger partial charge in [0.05, 0.1) is 17.6 Å². The maximum absolute atomic E-state index is 5.25. The minimum Gasteiger partial charge on any atom is -0.472 e. The molecule has 0 aliphatic carbocycles. The van der Waals surface area contributed by atoms with Crippen molar-refractivity contribution < 1.29 is 8.94 Å². The van der Waals surface area contributed by atoms with E-state index < -0.39 is 0 Å². The summed E-state index contributed by atoms with van der Waals surface area (Å²) in [5.74, 6) is 2.32. The summed E-state index contributed by atoms with van der Waals surface area (Å²) in [6.45, 7) is 0. The number of hydrogen-bond acceptors (Lipinski definition) is 8. The van der Waals surface area contributed by atoms with Crippen LogP contribution in [0.3, 0.4) is 0 Å². The van der Waals surface area contributed by atoms with E-state index in [1.54, 1.807) is 31.0 Å². The molecule has 0 aromatic carbocycles. The van der Waals surface area contributed by atoms with Gasteiger partial charge in [-0.1, -0.05) is 16.9 Å². The van der Waals surface area contributed by atoms with Gasteiger partial charge in [-0.25, -0.2) is 0 Å². The number of hydrogen-bond donors (Lipinski definition) is 0. The molecule has 0 bridgehead atoms. The lowest BCUT2D eigenvalue weighted by atomic mass is 10.2. The lowest BCUT2D eigenvalue weighted by Crippen LogP contribution is -1.95. The average molecular weight is 340 g/mol. The summed E-state index contributed by atoms with van der Waals surface area (Å²) in [4.78, 5) is 8.35. The predicted molar refractivity (Wildman–Crippen MR) is 85.8 cm³/mol. The minimum absolute atomic E-state index is 0.507. The van der Waals surface area contributed by atoms with Gasteiger partial charge in [0, 0.05) is 25.0 Å². The minimum atomic E-state index is 0.507. The predicted octanol–water partition coefficient (Wildman–Crippen LogP) is 2.81. The molecule has 0 aliphatic rings. The third-order valence-corrected chi connectivity index (χ3v) is 4.35. The summed E-state index contributed by atoms with van der Waals surface area (Å²) in [7, 11) is 1.92. The van der Waals surface area contributed by atoms with Crippen LogP contribution in [0.5, 0.6) is 0 Å². The summed E-state index contributed by atoms with van der Waals surface area (Å²) in [6, 6.07) is 5.58. The van der Waals surface area contributed by atoms with Gasteiger partial charge >= 0.3 is 0 Å². The molecule has 0 saturated heterocycles. The highest BCUT2D eigenvalue weighted by atomic mass is 32.2. The fraction of sp³-hybridized carbons (Fsp3) is 0.133. The van der Waals surface area contributed by atoms with Crippen LogP contribution in [0.25, 0.3) is 22.8 Å². The summed E-state index contributed by atoms with van der Waals surface area (Å²) in [6.07, 6.45) is 6.60. The molecule has 0 unspecified atom stereocenters. The van der Waals surface area contributed by atoms with Gasteiger partial charge in [-0.2, -0.15) is 4.98 Å². The highest BCUT2D eigenvalue weighted by Gasteiger charge is 2.14. The molecular weight excluding hydrogens is 328 g/mol. The van der Waals surface area contributed by atoms with Gasteiger partial charge in [0.2, 0.25) is 11.7 Å². The highest BCUT2D eigenvalue weighted by molar-refractivity contribution is 7.98. The molecule has 0 aliphatic heterocycles. The zero-order chi connectivity index (χ0) is 16.4. The van der Waals surface area contributed by atoms with E-state index in [0.717, 1.165) is 22.1 Å². The van der Waals surface area contributed by atoms with E-state index in [4.69, 9.17) is 8.94 Å². The van der Waals surface area contributed by atoms with Crippen molar-refractivity contribution in [2.24, 2.45) is 7.05 Å². The lowest BCUT2D eigenvalue weighted by molar-refractivity contribution is 0.391. The van der Waals surface area contributed by atoms with E-state index in [2.05, 4.69) is 25.3 Å². The van der Waals surface area contributed by atoms with Gasteiger partial charge in [0.25, 0.3) is 0 Å². The molecule has 0 N–H and O–H groups in total. The topological polar surface area (TPSA) is 95.7 Å². The second kappa shape index (κ2) is 6.28. The van der Waals surface area contributed by atoms with E-state index in [1.807, 2.05) is 23.7 Å². The zero-order valence-electron chi connectivity index (χ0n) is 12.7. The van der Waals surface area contributed by atoms with Crippen molar-refractivity contribution in [1.82, 2.24) is 29.9 Å². The number of rotatable bonds is 5. The van der Waals surface area contributed by atoms with Gasteiger partial charge in [-0.3, -0.25) is 4.98 Å². The maximum Gasteiger partial charge on any atom is 0.237 e. The van der Waals surface area contributed by atoms with Crippen LogP contribution in [-0.2, 0) is 12.8 Å². The number of nitrogens with zero attached hydrogens (tertiary/aromatic N) is 6. The standard InChI is InChI=1S/C15H12N6O2S/c1-21-14(10-2-5-16-6-3-10)18-19-15(21)24-9-12-17-13(20-23-12)11-4-7-22-8-11/h2-8H,9H2,1H3. The summed E-state index contributed by atoms with van der Waals surface area (Å²) >= 11 is 1.48. The Bertz CT molecular complexity index is 932. The van der Waals surface area contributed by atoms with E-state index in [0.29, 0.717) is 17.5 Å². The first-order chi connectivity index (χ1) is 11.8. The molecular formula is C15H12N6O2S. The molecule has 4 aromatic rings. The monoisotopic (exact) mass is 340 g/mol. The SMILES string of the molecule is Cn1c(SCc2nc(-c3ccoc3)no2)nnc1-c1ccncc1. The molecule has 0 amide bonds. The van der Waals surface area contributed by atoms with Crippen molar-refractivity contribution in [1.29, 1.82) is 0 Å². The van der Waals surface area contributed by atoms with E-state index in [9.17, 15) is 0 Å². The molecule has 24 heavy (non-hydrogen) atoms. The van der Waals surface area contributed by atoms with Crippen LogP contribution in [0, 0.1) is 0 Å². The fourth-order valence-corrected chi connectivity index (χ4v) is 2.89. The second-order valence-corrected chi connectivity index (χ2v) is 5.86. The lowest BCUT2D eigenvalue weighted by Gasteiger charge is -2.02. The smallest absolute Gasteiger partial charge is 0.237 e. The maximum atomic E-state index is 5.25. The molecule has 120 valence electrons. The van der Waals surface area contributed by atoms with Crippen LogP contribution in [0.2, 0.25) is 0 Å². The average Bonchev–Trinajstić information content (AvgIpc) is 3.35. The molecule has 0 radical (unpaired) electrons. The Hall–Kier alpha value is -2.94. The van der Waals surface area contributed by atoms with Crippen LogP contribution < -0.4 is 0 Å². The molecule has 9 heteroatoms. The third-order valence-electron chi connectivity index (χ3n) is 3.35. The van der Waals surface area contributed by atoms with Crippen molar-refractivity contribution >= 4 is 11.8 Å². The van der Waals surface area contributed by atoms with E-state index >= 15 is 0 Å². The largest absolute Gasteiger partial charge is 0.472 e. The Morgan fingerprint density at radius 2 is 2.00 bits per heavy atom. The molecule has 0 spiro atoms. The van der Waals surface area contributed by atoms with E-state index in [1.165, 1.54) is 11.8 Å². The van der Waals surface area contributed by atoms with Crippen molar-refractivity contribution in [2.75, 3.05) is 0 Å². The number of pyridine rings is 1. The van der Waals surface area contributed by atoms with Crippen molar-refractivity contribution in [2.45, 2.75) is 10.9 Å². The second-order valence-electron chi connectivity index (χ2n) is 4.91. The molecule has 4 rings (SSSR count). The highest BCUT2D eigenvalue weighted by Crippen LogP contribution is 2.25. The number of aromatic nitrogens is 6. The normalized spacial score (nSPS) is 11.0. The van der Waals surface area contributed by atoms with Gasteiger partial charge in [0.1, 0.15) is 6.26 Å². The Labute approximate surface area is 140 Å². The Morgan fingerprint density at radius 1 is 1.12 bits per heavy atom. The first kappa shape index (κ1) is 14.6. The van der Waals surface area contributed by atoms with Crippen molar-refractivity contribution in [3.8, 4) is 22.8 Å². The number of furan rings is 1. The van der Waals surface area contributed by atoms with Crippen LogP contribution in [0.15, 0.2) is 57.2 Å². The van der Waals surface area contributed by atoms with Crippen molar-refractivity contribution in [3.05, 3.63) is 49.0 Å². The zero-order valence-corrected chi connectivity index (χ0v) is 13.5. The molecule has 8 nitrogen and oxygen atoms in total. The quantitative estimate of drug-likeness (QED) is 0.512. The molecule has 0 fully saturated rings. The van der Waals surface area contributed by atoms with Gasteiger partial charge in [-0.15, -0.1) is 10.2 Å². The van der Waals surface area contributed by atoms with Crippen LogP contribution in [0.1, 0.15) is 5.89 Å². The summed E-state index contributed by atoms with van der Waals surface area (Å²) < 4.78 is 12.2. The molecule has 4 aromatic heterocycles. The third kappa shape index (κ3) is 2.81. The first-order valence-corrected chi connectivity index (χ1v) is 8.07. The Balaban J connectivity index is 1.48. The Morgan fingerprint density at radius 3 is 2.79 bits per heavy atom.